The summed E-state index contributed by atoms with van der Waals surface area (Å²) >= 11 is 0. The predicted molar refractivity (Wildman–Crippen MR) is 130 cm³/mol. The van der Waals surface area contributed by atoms with Crippen LogP contribution >= 0.6 is 7.05 Å². The summed E-state index contributed by atoms with van der Waals surface area (Å²) < 4.78 is 7.82. The summed E-state index contributed by atoms with van der Waals surface area (Å²) in [5, 5.41) is 4.99. The molecule has 0 amide bonds. The molecule has 0 aliphatic carbocycles. The predicted octanol–water partition coefficient (Wildman–Crippen LogP) is 5.99. The lowest BCUT2D eigenvalue weighted by atomic mass is 10.2. The molecule has 0 fully saturated rings. The van der Waals surface area contributed by atoms with Gasteiger partial charge in [-0.25, -0.2) is 4.74 Å². The number of aromatic nitrogens is 1. The van der Waals surface area contributed by atoms with Gasteiger partial charge in [0, 0.05) is 33.9 Å². The molecular formula is C27H23N2P. The van der Waals surface area contributed by atoms with Gasteiger partial charge in [0.15, 0.2) is 0 Å². The third-order valence-electron chi connectivity index (χ3n) is 5.57. The van der Waals surface area contributed by atoms with Crippen LogP contribution in [0.1, 0.15) is 0 Å². The first-order valence-corrected chi connectivity index (χ1v) is 11.9. The average Bonchev–Trinajstić information content (AvgIpc) is 3.14. The lowest BCUT2D eigenvalue weighted by Gasteiger charge is -2.27. The molecular weight excluding hydrogens is 383 g/mol. The molecule has 1 heterocycles. The van der Waals surface area contributed by atoms with Crippen molar-refractivity contribution in [2.45, 2.75) is 0 Å². The third kappa shape index (κ3) is 3.10. The van der Waals surface area contributed by atoms with Crippen molar-refractivity contribution < 1.29 is 0 Å². The van der Waals surface area contributed by atoms with Crippen molar-refractivity contribution in [3.8, 4) is 0 Å². The Morgan fingerprint density at radius 2 is 1.00 bits per heavy atom. The van der Waals surface area contributed by atoms with Gasteiger partial charge < -0.3 is 4.57 Å². The van der Waals surface area contributed by atoms with E-state index >= 15 is 0 Å². The minimum atomic E-state index is -2.25. The summed E-state index contributed by atoms with van der Waals surface area (Å²) in [4.78, 5) is 0. The van der Waals surface area contributed by atoms with E-state index in [2.05, 4.69) is 133 Å². The second-order valence-corrected chi connectivity index (χ2v) is 10.4. The van der Waals surface area contributed by atoms with Crippen LogP contribution in [-0.4, -0.2) is 4.57 Å². The monoisotopic (exact) mass is 406 g/mol. The van der Waals surface area contributed by atoms with Gasteiger partial charge in [0.2, 0.25) is 0 Å². The number of aryl methyl sites for hydroxylation is 1. The van der Waals surface area contributed by atoms with Crippen molar-refractivity contribution in [2.24, 2.45) is 11.8 Å². The van der Waals surface area contributed by atoms with Crippen LogP contribution in [0.25, 0.3) is 10.9 Å². The van der Waals surface area contributed by atoms with Gasteiger partial charge in [-0.15, -0.1) is 0 Å². The zero-order valence-corrected chi connectivity index (χ0v) is 17.8. The van der Waals surface area contributed by atoms with E-state index in [1.165, 1.54) is 26.8 Å². The van der Waals surface area contributed by atoms with Crippen molar-refractivity contribution in [1.82, 2.24) is 4.57 Å². The SMILES string of the molecule is Cn1c(N=P(c2ccccc2)(c2ccccc2)c2ccccc2)cc2ccccc21. The second kappa shape index (κ2) is 7.82. The molecule has 0 radical (unpaired) electrons. The Morgan fingerprint density at radius 3 is 1.47 bits per heavy atom. The number of benzene rings is 4. The van der Waals surface area contributed by atoms with Crippen LogP contribution < -0.4 is 15.9 Å². The zero-order valence-electron chi connectivity index (χ0n) is 16.9. The molecule has 0 spiro atoms. The fourth-order valence-corrected chi connectivity index (χ4v) is 7.63. The minimum absolute atomic E-state index is 1.00. The molecule has 1 aromatic heterocycles. The van der Waals surface area contributed by atoms with E-state index in [1.807, 2.05) is 0 Å². The summed E-state index contributed by atoms with van der Waals surface area (Å²) in [5.74, 6) is 1.00. The number of rotatable bonds is 4. The largest absolute Gasteiger partial charge is 0.329 e. The maximum atomic E-state index is 5.61. The Balaban J connectivity index is 1.93. The Labute approximate surface area is 177 Å². The van der Waals surface area contributed by atoms with Crippen molar-refractivity contribution in [2.75, 3.05) is 0 Å². The van der Waals surface area contributed by atoms with E-state index in [4.69, 9.17) is 4.74 Å². The molecule has 5 aromatic rings. The van der Waals surface area contributed by atoms with E-state index in [0.29, 0.717) is 0 Å². The number of fused-ring (bicyclic) bond motifs is 1. The standard InChI is InChI=1S/C27H23N2P/c1-29-26-20-12-11-13-22(26)21-27(29)28-30(23-14-5-2-6-15-23,24-16-7-3-8-17-24)25-18-9-4-10-19-25/h2-21H,1H3. The highest BCUT2D eigenvalue weighted by Gasteiger charge is 2.28. The van der Waals surface area contributed by atoms with E-state index in [-0.39, 0.29) is 0 Å². The van der Waals surface area contributed by atoms with Gasteiger partial charge >= 0.3 is 0 Å². The number of para-hydroxylation sites is 1. The Morgan fingerprint density at radius 1 is 0.567 bits per heavy atom. The van der Waals surface area contributed by atoms with Crippen LogP contribution in [0, 0.1) is 0 Å². The van der Waals surface area contributed by atoms with Gasteiger partial charge in [0.05, 0.1) is 7.05 Å². The van der Waals surface area contributed by atoms with Gasteiger partial charge in [0.1, 0.15) is 5.82 Å². The molecule has 0 unspecified atom stereocenters. The first kappa shape index (κ1) is 18.7. The summed E-state index contributed by atoms with van der Waals surface area (Å²) in [6, 6.07) is 42.9. The van der Waals surface area contributed by atoms with Gasteiger partial charge in [0.25, 0.3) is 0 Å². The number of hydrogen-bond acceptors (Lipinski definition) is 1. The Kier molecular flexibility index (Phi) is 4.86. The lowest BCUT2D eigenvalue weighted by Crippen LogP contribution is -2.25. The molecule has 5 rings (SSSR count). The van der Waals surface area contributed by atoms with E-state index in [9.17, 15) is 0 Å². The molecule has 4 aromatic carbocycles. The third-order valence-corrected chi connectivity index (χ3v) is 9.21. The van der Waals surface area contributed by atoms with Crippen LogP contribution in [0.5, 0.6) is 0 Å². The van der Waals surface area contributed by atoms with Crippen LogP contribution in [0.2, 0.25) is 0 Å². The normalized spacial score (nSPS) is 11.5. The quantitative estimate of drug-likeness (QED) is 0.326. The summed E-state index contributed by atoms with van der Waals surface area (Å²) in [6.45, 7) is 0. The molecule has 3 heteroatoms. The van der Waals surface area contributed by atoms with Crippen molar-refractivity contribution >= 4 is 39.7 Å². The van der Waals surface area contributed by atoms with E-state index in [1.54, 1.807) is 0 Å². The van der Waals surface area contributed by atoms with Crippen molar-refractivity contribution in [1.29, 1.82) is 0 Å². The highest BCUT2D eigenvalue weighted by atomic mass is 31.2. The van der Waals surface area contributed by atoms with Crippen LogP contribution in [0.3, 0.4) is 0 Å². The van der Waals surface area contributed by atoms with Crippen LogP contribution in [0.4, 0.5) is 5.82 Å². The van der Waals surface area contributed by atoms with Crippen molar-refractivity contribution in [3.05, 3.63) is 121 Å². The van der Waals surface area contributed by atoms with Gasteiger partial charge in [-0.2, -0.15) is 0 Å². The van der Waals surface area contributed by atoms with E-state index in [0.717, 1.165) is 5.82 Å². The van der Waals surface area contributed by atoms with Crippen LogP contribution in [-0.2, 0) is 7.05 Å². The Bertz CT molecular complexity index is 1230. The van der Waals surface area contributed by atoms with E-state index < -0.39 is 7.05 Å². The first-order chi connectivity index (χ1) is 14.8. The maximum Gasteiger partial charge on any atom is 0.132 e. The minimum Gasteiger partial charge on any atom is -0.329 e. The first-order valence-electron chi connectivity index (χ1n) is 10.1. The van der Waals surface area contributed by atoms with Gasteiger partial charge in [-0.1, -0.05) is 109 Å². The average molecular weight is 406 g/mol. The second-order valence-electron chi connectivity index (χ2n) is 7.36. The number of hydrogen-bond donors (Lipinski definition) is 0. The fraction of sp³-hybridized carbons (Fsp3) is 0.0370. The highest BCUT2D eigenvalue weighted by Crippen LogP contribution is 2.49. The molecule has 0 aliphatic rings. The molecule has 0 atom stereocenters. The van der Waals surface area contributed by atoms with Crippen LogP contribution in [0.15, 0.2) is 126 Å². The van der Waals surface area contributed by atoms with Gasteiger partial charge in [-0.05, 0) is 12.1 Å². The Hall–Kier alpha value is -3.35. The number of nitrogens with zero attached hydrogens (tertiary/aromatic N) is 2. The molecule has 30 heavy (non-hydrogen) atoms. The highest BCUT2D eigenvalue weighted by molar-refractivity contribution is 7.87. The molecule has 0 bridgehead atoms. The summed E-state index contributed by atoms with van der Waals surface area (Å²) in [5.41, 5.74) is 1.20. The summed E-state index contributed by atoms with van der Waals surface area (Å²) in [7, 11) is -0.145. The smallest absolute Gasteiger partial charge is 0.132 e. The van der Waals surface area contributed by atoms with Gasteiger partial charge in [-0.3, -0.25) is 0 Å². The molecule has 0 saturated carbocycles. The lowest BCUT2D eigenvalue weighted by molar-refractivity contribution is 0.967. The molecule has 2 nitrogen and oxygen atoms in total. The molecule has 0 aliphatic heterocycles. The summed E-state index contributed by atoms with van der Waals surface area (Å²) in [6.07, 6.45) is 0. The zero-order chi connectivity index (χ0) is 20.4. The maximum absolute atomic E-state index is 5.61. The molecule has 0 saturated heterocycles. The molecule has 0 N–H and O–H groups in total. The molecule has 146 valence electrons. The fourth-order valence-electron chi connectivity index (χ4n) is 4.08. The topological polar surface area (TPSA) is 17.3 Å². The van der Waals surface area contributed by atoms with Crippen molar-refractivity contribution in [3.63, 3.8) is 0 Å².